The molecule has 9 aliphatic rings. The molecule has 3 aromatic rings. The van der Waals surface area contributed by atoms with E-state index in [0.717, 1.165) is 178 Å². The normalized spacial score (nSPS) is 33.4. The standard InChI is InChI=1S/C14H26.C12H18.C11H20.C10H20.C10H18.C10H16.C10H14.C9H18.C9H12.C9H20.C8H16.C8H18/c1-9-5-13-7-11(3)12(4)8-14(13)6-10(9)2;1-7-8(2)10(4)12(6)11(5)9(7)3;1-6-7(2)11-5-10(6)8(3)9(11)4;4*1-7-5-9(3)10(4)6-8(7)2;1-6-5-7(2)9(4)8(6)3;1-7-4-5-8(2)9(3)6-7;1-5-8(3)7-9(4)6-2;1-5-6(2)8(4)7(5)3;1-5-7(3)8(4)6-2/h9-14H,5-8H2,1-4H3;1-6H3;6-11H,5H2,1-4H3;7-10H,5-6H2,1-4H3;7-8H,5-6H2,1-4H3;5-6H2,1-4H3;5-6H,1-4H3;6-9H,5H2,1-4H3;4-6H,1-3H3;8-9H,5-7H2,1-4H3;5-8H,1-4H3;7-8H,5-6H2,1-4H3. The minimum Gasteiger partial charge on any atom is -0.0741 e. The van der Waals surface area contributed by atoms with Crippen LogP contribution in [0.1, 0.15) is 431 Å². The summed E-state index contributed by atoms with van der Waals surface area (Å²) in [4.78, 5) is 0. The molecule has 0 aliphatic heterocycles. The summed E-state index contributed by atoms with van der Waals surface area (Å²) in [5, 5.41) is 0. The largest absolute Gasteiger partial charge is 0.0741 e. The molecule has 0 nitrogen and oxygen atoms in total. The maximum Gasteiger partial charge on any atom is -0.0109 e. The minimum absolute atomic E-state index is 0.906. The lowest BCUT2D eigenvalue weighted by molar-refractivity contribution is 0.0302. The molecule has 22 unspecified atom stereocenters. The smallest absolute Gasteiger partial charge is 0.0109 e. The zero-order chi connectivity index (χ0) is 92.8. The number of benzene rings is 3. The SMILES string of the molecule is CC1=C(C)CC(C)=C(C)C1.CC1=C(C)CC(C)C(C)C1.CC1C(C)C(C)C1C.CC1C(C)C2CC1C(C)C2C.CC1CC(C)C(C)C1C.CC1CC(C)C(C)CC1C.CC1CC2CC(C)C(C)CC2CC1C.CCC(C)C(C)CC.CCC(C)CC(C)CC.Cc1c(C)c(C)c(C)c(C)c1C.Cc1cc(C)c(C)cc1C.Cc1ccc(C)c(C)c1. The fourth-order valence-electron chi connectivity index (χ4n) is 22.0. The number of allylic oxidation sites excluding steroid dienone is 6. The summed E-state index contributed by atoms with van der Waals surface area (Å²) in [6.07, 6.45) is 23.7. The highest BCUT2D eigenvalue weighted by Crippen LogP contribution is 2.58. The Bertz CT molecular complexity index is 3050. The zero-order valence-corrected chi connectivity index (χ0v) is 90.7. The highest BCUT2D eigenvalue weighted by atomic mass is 14.6. The van der Waals surface area contributed by atoms with E-state index < -0.39 is 0 Å². The van der Waals surface area contributed by atoms with E-state index in [-0.39, 0.29) is 0 Å². The van der Waals surface area contributed by atoms with E-state index in [1.807, 2.05) is 0 Å². The van der Waals surface area contributed by atoms with Crippen LogP contribution in [-0.4, -0.2) is 0 Å². The summed E-state index contributed by atoms with van der Waals surface area (Å²) in [7, 11) is 0. The maximum atomic E-state index is 2.46. The first-order chi connectivity index (χ1) is 55.5. The molecule has 0 aromatic heterocycles. The molecule has 2 bridgehead atoms. The second-order valence-corrected chi connectivity index (χ2v) is 45.9. The third kappa shape index (κ3) is 36.6. The molecule has 0 radical (unpaired) electrons. The molecule has 0 spiro atoms. The topological polar surface area (TPSA) is 0 Å². The summed E-state index contributed by atoms with van der Waals surface area (Å²) in [6.45, 7) is 113. The Morgan fingerprint density at radius 2 is 0.467 bits per heavy atom. The predicted molar refractivity (Wildman–Crippen MR) is 549 cm³/mol. The van der Waals surface area contributed by atoms with Crippen molar-refractivity contribution in [1.29, 1.82) is 0 Å². The first-order valence-corrected chi connectivity index (χ1v) is 51.6. The molecular weight excluding hydrogens is 1440 g/mol. The predicted octanol–water partition coefficient (Wildman–Crippen LogP) is 38.8. The minimum atomic E-state index is 0.906. The van der Waals surface area contributed by atoms with Gasteiger partial charge < -0.3 is 0 Å². The third-order valence-electron chi connectivity index (χ3n) is 37.4. The molecule has 3 aromatic carbocycles. The van der Waals surface area contributed by atoms with Gasteiger partial charge in [-0.3, -0.25) is 0 Å². The number of fused-ring (bicyclic) bond motifs is 3. The van der Waals surface area contributed by atoms with E-state index in [1.54, 1.807) is 33.4 Å². The van der Waals surface area contributed by atoms with Gasteiger partial charge in [-0.05, 0) is 459 Å². The van der Waals surface area contributed by atoms with E-state index in [2.05, 4.69) is 370 Å². The van der Waals surface area contributed by atoms with Gasteiger partial charge in [0.25, 0.3) is 0 Å². The molecule has 0 amide bonds. The van der Waals surface area contributed by atoms with Crippen LogP contribution in [-0.2, 0) is 0 Å². The number of rotatable bonds is 7. The van der Waals surface area contributed by atoms with Crippen molar-refractivity contribution in [3.8, 4) is 0 Å². The number of hydrogen-bond donors (Lipinski definition) is 0. The van der Waals surface area contributed by atoms with Gasteiger partial charge in [0, 0.05) is 0 Å². The summed E-state index contributed by atoms with van der Waals surface area (Å²) in [5.74, 6) is 29.4. The van der Waals surface area contributed by atoms with Gasteiger partial charge >= 0.3 is 0 Å². The zero-order valence-electron chi connectivity index (χ0n) is 90.7. The van der Waals surface area contributed by atoms with E-state index >= 15 is 0 Å². The van der Waals surface area contributed by atoms with Crippen LogP contribution in [0.25, 0.3) is 0 Å². The van der Waals surface area contributed by atoms with Crippen molar-refractivity contribution in [3.05, 3.63) is 136 Å². The fourth-order valence-corrected chi connectivity index (χ4v) is 22.0. The quantitative estimate of drug-likeness (QED) is 0.207. The van der Waals surface area contributed by atoms with Crippen molar-refractivity contribution in [3.63, 3.8) is 0 Å². The second kappa shape index (κ2) is 55.6. The molecule has 0 N–H and O–H groups in total. The van der Waals surface area contributed by atoms with E-state index in [1.165, 1.54) is 181 Å². The van der Waals surface area contributed by atoms with E-state index in [0.29, 0.717) is 0 Å². The van der Waals surface area contributed by atoms with E-state index in [4.69, 9.17) is 0 Å². The monoisotopic (exact) mass is 1660 g/mol. The molecule has 9 aliphatic carbocycles. The summed E-state index contributed by atoms with van der Waals surface area (Å²) in [6, 6.07) is 11.0. The van der Waals surface area contributed by atoms with Gasteiger partial charge in [-0.15, -0.1) is 0 Å². The first-order valence-electron chi connectivity index (χ1n) is 51.6. The van der Waals surface area contributed by atoms with Gasteiger partial charge in [-0.25, -0.2) is 0 Å². The summed E-state index contributed by atoms with van der Waals surface area (Å²) >= 11 is 0. The van der Waals surface area contributed by atoms with Crippen molar-refractivity contribution in [2.75, 3.05) is 0 Å². The molecule has 0 heterocycles. The lowest BCUT2D eigenvalue weighted by Crippen LogP contribution is -2.39. The van der Waals surface area contributed by atoms with Crippen LogP contribution < -0.4 is 0 Å². The Morgan fingerprint density at radius 1 is 0.233 bits per heavy atom. The molecule has 7 saturated carbocycles. The lowest BCUT2D eigenvalue weighted by atomic mass is 9.60. The Morgan fingerprint density at radius 3 is 0.667 bits per heavy atom. The molecule has 7 fully saturated rings. The van der Waals surface area contributed by atoms with Crippen LogP contribution in [0.2, 0.25) is 0 Å². The number of aryl methyl sites for hydroxylation is 7. The van der Waals surface area contributed by atoms with Crippen molar-refractivity contribution < 1.29 is 0 Å². The maximum absolute atomic E-state index is 2.46. The molecule has 22 atom stereocenters. The average molecular weight is 1660 g/mol. The molecule has 12 rings (SSSR count). The van der Waals surface area contributed by atoms with Gasteiger partial charge in [0.2, 0.25) is 0 Å². The van der Waals surface area contributed by atoms with Gasteiger partial charge in [-0.1, -0.05) is 303 Å². The van der Waals surface area contributed by atoms with Crippen LogP contribution in [0.15, 0.2) is 63.8 Å². The van der Waals surface area contributed by atoms with Crippen LogP contribution in [0.3, 0.4) is 0 Å². The van der Waals surface area contributed by atoms with Crippen molar-refractivity contribution in [2.24, 2.45) is 178 Å². The fraction of sp³-hybridized carbons (Fsp3) is 0.800. The third-order valence-corrected chi connectivity index (χ3v) is 37.4. The van der Waals surface area contributed by atoms with Gasteiger partial charge in [0.15, 0.2) is 0 Å². The van der Waals surface area contributed by atoms with Crippen LogP contribution in [0, 0.1) is 268 Å². The van der Waals surface area contributed by atoms with Crippen LogP contribution in [0.5, 0.6) is 0 Å². The van der Waals surface area contributed by atoms with Crippen molar-refractivity contribution >= 4 is 0 Å². The van der Waals surface area contributed by atoms with Crippen LogP contribution in [0.4, 0.5) is 0 Å². The Labute approximate surface area is 757 Å². The molecule has 0 saturated heterocycles. The lowest BCUT2D eigenvalue weighted by Gasteiger charge is -2.46. The average Bonchev–Trinajstić information content (AvgIpc) is 1.61. The highest BCUT2D eigenvalue weighted by molar-refractivity contribution is 5.48. The van der Waals surface area contributed by atoms with Gasteiger partial charge in [0.1, 0.15) is 0 Å². The Hall–Kier alpha value is -3.12. The van der Waals surface area contributed by atoms with Gasteiger partial charge in [0.05, 0.1) is 0 Å². The van der Waals surface area contributed by atoms with Crippen LogP contribution >= 0.6 is 0 Å². The molecule has 696 valence electrons. The first kappa shape index (κ1) is 115. The van der Waals surface area contributed by atoms with Gasteiger partial charge in [-0.2, -0.15) is 0 Å². The molecule has 0 heteroatoms. The Balaban J connectivity index is 0.000000657. The molecule has 120 heavy (non-hydrogen) atoms. The molecular formula is C120H216. The second-order valence-electron chi connectivity index (χ2n) is 45.9. The Kier molecular flexibility index (Phi) is 53.2. The summed E-state index contributed by atoms with van der Waals surface area (Å²) in [5.41, 5.74) is 27.9. The van der Waals surface area contributed by atoms with Crippen molar-refractivity contribution in [1.82, 2.24) is 0 Å². The van der Waals surface area contributed by atoms with Crippen molar-refractivity contribution in [2.45, 2.75) is 448 Å². The summed E-state index contributed by atoms with van der Waals surface area (Å²) < 4.78 is 0. The number of hydrogen-bond acceptors (Lipinski definition) is 0. The highest BCUT2D eigenvalue weighted by Gasteiger charge is 2.51. The van der Waals surface area contributed by atoms with E-state index in [9.17, 15) is 0 Å².